The minimum Gasteiger partial charge on any atom is -0.496 e. The average Bonchev–Trinajstić information content (AvgIpc) is 2.44. The second-order valence-corrected chi connectivity index (χ2v) is 5.39. The van der Waals surface area contributed by atoms with Gasteiger partial charge in [-0.2, -0.15) is 0 Å². The molecule has 0 fully saturated rings. The first-order valence-electron chi connectivity index (χ1n) is 7.18. The summed E-state index contributed by atoms with van der Waals surface area (Å²) in [5.74, 6) is 0.103. The first kappa shape index (κ1) is 15.9. The van der Waals surface area contributed by atoms with Gasteiger partial charge in [-0.25, -0.2) is 0 Å². The molecule has 0 atom stereocenters. The van der Waals surface area contributed by atoms with Gasteiger partial charge < -0.3 is 15.2 Å². The number of aliphatic carboxylic acids is 1. The third kappa shape index (κ3) is 4.01. The molecule has 2 rings (SSSR count). The molecule has 2 aromatic carbocycles. The standard InChI is InChI=1S/C18H21NO3/c1-12-7-15(8-13(2)18(12)22-3)11-19-16-6-4-5-14(9-16)10-17(20)21/h4-9,19H,10-11H2,1-3H3,(H,20,21). The van der Waals surface area contributed by atoms with Gasteiger partial charge in [0.15, 0.2) is 0 Å². The van der Waals surface area contributed by atoms with Crippen molar-refractivity contribution in [3.63, 3.8) is 0 Å². The Labute approximate surface area is 130 Å². The van der Waals surface area contributed by atoms with Crippen LogP contribution in [0.4, 0.5) is 5.69 Å². The second kappa shape index (κ2) is 6.98. The van der Waals surface area contributed by atoms with Crippen LogP contribution in [-0.2, 0) is 17.8 Å². The van der Waals surface area contributed by atoms with E-state index >= 15 is 0 Å². The Balaban J connectivity index is 2.08. The topological polar surface area (TPSA) is 58.6 Å². The van der Waals surface area contributed by atoms with Crippen molar-refractivity contribution in [1.82, 2.24) is 0 Å². The van der Waals surface area contributed by atoms with Crippen LogP contribution in [0.15, 0.2) is 36.4 Å². The number of carboxylic acids is 1. The SMILES string of the molecule is COc1c(C)cc(CNc2cccc(CC(=O)O)c2)cc1C. The van der Waals surface area contributed by atoms with Crippen molar-refractivity contribution in [3.05, 3.63) is 58.7 Å². The summed E-state index contributed by atoms with van der Waals surface area (Å²) < 4.78 is 5.37. The highest BCUT2D eigenvalue weighted by Gasteiger charge is 2.06. The molecule has 0 spiro atoms. The number of rotatable bonds is 6. The molecule has 0 unspecified atom stereocenters. The summed E-state index contributed by atoms with van der Waals surface area (Å²) in [6.45, 7) is 4.74. The molecule has 0 aromatic heterocycles. The zero-order chi connectivity index (χ0) is 16.1. The summed E-state index contributed by atoms with van der Waals surface area (Å²) in [6.07, 6.45) is 0.0380. The van der Waals surface area contributed by atoms with E-state index in [4.69, 9.17) is 9.84 Å². The lowest BCUT2D eigenvalue weighted by Gasteiger charge is -2.13. The first-order chi connectivity index (χ1) is 10.5. The summed E-state index contributed by atoms with van der Waals surface area (Å²) in [5.41, 5.74) is 5.10. The van der Waals surface area contributed by atoms with Gasteiger partial charge in [0.1, 0.15) is 5.75 Å². The zero-order valence-corrected chi connectivity index (χ0v) is 13.1. The van der Waals surface area contributed by atoms with E-state index in [-0.39, 0.29) is 6.42 Å². The number of aryl methyl sites for hydroxylation is 2. The van der Waals surface area contributed by atoms with Crippen LogP contribution in [0.25, 0.3) is 0 Å². The van der Waals surface area contributed by atoms with E-state index in [0.29, 0.717) is 6.54 Å². The molecule has 0 aliphatic carbocycles. The van der Waals surface area contributed by atoms with E-state index in [2.05, 4.69) is 17.4 Å². The van der Waals surface area contributed by atoms with Gasteiger partial charge in [-0.05, 0) is 48.2 Å². The molecule has 2 aromatic rings. The zero-order valence-electron chi connectivity index (χ0n) is 13.1. The highest BCUT2D eigenvalue weighted by atomic mass is 16.5. The molecule has 0 saturated heterocycles. The van der Waals surface area contributed by atoms with Gasteiger partial charge >= 0.3 is 5.97 Å². The molecule has 4 nitrogen and oxygen atoms in total. The molecule has 0 amide bonds. The molecular formula is C18H21NO3. The van der Waals surface area contributed by atoms with Gasteiger partial charge in [-0.15, -0.1) is 0 Å². The summed E-state index contributed by atoms with van der Waals surface area (Å²) in [5, 5.41) is 12.2. The predicted molar refractivity (Wildman–Crippen MR) is 87.6 cm³/mol. The van der Waals surface area contributed by atoms with Gasteiger partial charge in [-0.3, -0.25) is 4.79 Å². The number of hydrogen-bond donors (Lipinski definition) is 2. The van der Waals surface area contributed by atoms with Gasteiger partial charge in [0, 0.05) is 12.2 Å². The third-order valence-electron chi connectivity index (χ3n) is 3.50. The third-order valence-corrected chi connectivity index (χ3v) is 3.50. The number of hydrogen-bond acceptors (Lipinski definition) is 3. The summed E-state index contributed by atoms with van der Waals surface area (Å²) in [6, 6.07) is 11.7. The monoisotopic (exact) mass is 299 g/mol. The van der Waals surface area contributed by atoms with Crippen LogP contribution >= 0.6 is 0 Å². The first-order valence-corrected chi connectivity index (χ1v) is 7.18. The van der Waals surface area contributed by atoms with Crippen LogP contribution in [0.2, 0.25) is 0 Å². The molecule has 0 heterocycles. The predicted octanol–water partition coefficient (Wildman–Crippen LogP) is 3.55. The molecule has 0 bridgehead atoms. The number of anilines is 1. The van der Waals surface area contributed by atoms with E-state index in [1.165, 1.54) is 5.56 Å². The van der Waals surface area contributed by atoms with Crippen molar-refractivity contribution in [1.29, 1.82) is 0 Å². The Morgan fingerprint density at radius 2 is 1.82 bits per heavy atom. The Morgan fingerprint density at radius 3 is 2.41 bits per heavy atom. The van der Waals surface area contributed by atoms with Gasteiger partial charge in [0.05, 0.1) is 13.5 Å². The molecule has 0 aliphatic heterocycles. The second-order valence-electron chi connectivity index (χ2n) is 5.39. The fourth-order valence-corrected chi connectivity index (χ4v) is 2.63. The number of benzene rings is 2. The Morgan fingerprint density at radius 1 is 1.14 bits per heavy atom. The number of ether oxygens (including phenoxy) is 1. The van der Waals surface area contributed by atoms with E-state index in [0.717, 1.165) is 28.1 Å². The molecule has 0 aliphatic rings. The number of nitrogens with one attached hydrogen (secondary N) is 1. The van der Waals surface area contributed by atoms with Crippen molar-refractivity contribution >= 4 is 11.7 Å². The lowest BCUT2D eigenvalue weighted by atomic mass is 10.1. The van der Waals surface area contributed by atoms with Crippen LogP contribution in [0, 0.1) is 13.8 Å². The lowest BCUT2D eigenvalue weighted by Crippen LogP contribution is -2.03. The average molecular weight is 299 g/mol. The summed E-state index contributed by atoms with van der Waals surface area (Å²) in [7, 11) is 1.68. The van der Waals surface area contributed by atoms with Crippen molar-refractivity contribution in [2.45, 2.75) is 26.8 Å². The minimum atomic E-state index is -0.821. The number of carboxylic acid groups (broad SMARTS) is 1. The van der Waals surface area contributed by atoms with Crippen LogP contribution in [0.3, 0.4) is 0 Å². The number of methoxy groups -OCH3 is 1. The van der Waals surface area contributed by atoms with E-state index in [1.807, 2.05) is 38.1 Å². The van der Waals surface area contributed by atoms with Gasteiger partial charge in [0.2, 0.25) is 0 Å². The summed E-state index contributed by atoms with van der Waals surface area (Å²) in [4.78, 5) is 10.8. The van der Waals surface area contributed by atoms with Crippen LogP contribution in [0.5, 0.6) is 5.75 Å². The molecule has 22 heavy (non-hydrogen) atoms. The largest absolute Gasteiger partial charge is 0.496 e. The van der Waals surface area contributed by atoms with Crippen molar-refractivity contribution in [2.75, 3.05) is 12.4 Å². The molecule has 2 N–H and O–H groups in total. The Hall–Kier alpha value is -2.49. The highest BCUT2D eigenvalue weighted by Crippen LogP contribution is 2.24. The van der Waals surface area contributed by atoms with Crippen molar-refractivity contribution < 1.29 is 14.6 Å². The van der Waals surface area contributed by atoms with Crippen molar-refractivity contribution in [2.24, 2.45) is 0 Å². The van der Waals surface area contributed by atoms with Crippen LogP contribution < -0.4 is 10.1 Å². The maximum absolute atomic E-state index is 10.8. The number of carbonyl (C=O) groups is 1. The molecular weight excluding hydrogens is 278 g/mol. The fourth-order valence-electron chi connectivity index (χ4n) is 2.63. The van der Waals surface area contributed by atoms with Crippen molar-refractivity contribution in [3.8, 4) is 5.75 Å². The smallest absolute Gasteiger partial charge is 0.307 e. The Kier molecular flexibility index (Phi) is 5.04. The van der Waals surface area contributed by atoms with Gasteiger partial charge in [0.25, 0.3) is 0 Å². The molecule has 116 valence electrons. The lowest BCUT2D eigenvalue weighted by molar-refractivity contribution is -0.136. The van der Waals surface area contributed by atoms with Crippen LogP contribution in [-0.4, -0.2) is 18.2 Å². The molecule has 4 heteroatoms. The van der Waals surface area contributed by atoms with E-state index in [1.54, 1.807) is 7.11 Å². The quantitative estimate of drug-likeness (QED) is 0.856. The Bertz CT molecular complexity index is 657. The van der Waals surface area contributed by atoms with E-state index in [9.17, 15) is 4.79 Å². The van der Waals surface area contributed by atoms with E-state index < -0.39 is 5.97 Å². The van der Waals surface area contributed by atoms with Crippen LogP contribution in [0.1, 0.15) is 22.3 Å². The maximum Gasteiger partial charge on any atom is 0.307 e. The highest BCUT2D eigenvalue weighted by molar-refractivity contribution is 5.70. The van der Waals surface area contributed by atoms with Gasteiger partial charge in [-0.1, -0.05) is 24.3 Å². The fraction of sp³-hybridized carbons (Fsp3) is 0.278. The maximum atomic E-state index is 10.8. The minimum absolute atomic E-state index is 0.0380. The normalized spacial score (nSPS) is 10.3. The summed E-state index contributed by atoms with van der Waals surface area (Å²) >= 11 is 0. The molecule has 0 radical (unpaired) electrons. The molecule has 0 saturated carbocycles.